The molecule has 1 aliphatic rings. The summed E-state index contributed by atoms with van der Waals surface area (Å²) in [6.45, 7) is -0.643. The molecule has 1 fully saturated rings. The SMILES string of the molecule is CS(=O)(=O)C[C@@H](c1ccc(C(F)(F)F)cc1)[C@H]1COS(=O)(=O)N1C(=O)O. The van der Waals surface area contributed by atoms with Crippen LogP contribution >= 0.6 is 0 Å². The molecule has 13 heteroatoms. The number of carboxylic acid groups (broad SMARTS) is 1. The molecule has 1 aromatic carbocycles. The molecule has 1 aromatic rings. The van der Waals surface area contributed by atoms with Crippen molar-refractivity contribution in [3.8, 4) is 0 Å². The van der Waals surface area contributed by atoms with Gasteiger partial charge in [-0.15, -0.1) is 0 Å². The number of hydrogen-bond donors (Lipinski definition) is 1. The average molecular weight is 417 g/mol. The summed E-state index contributed by atoms with van der Waals surface area (Å²) in [6.07, 6.45) is -5.64. The first-order valence-electron chi connectivity index (χ1n) is 6.99. The lowest BCUT2D eigenvalue weighted by atomic mass is 9.92. The highest BCUT2D eigenvalue weighted by Crippen LogP contribution is 2.35. The molecule has 0 aromatic heterocycles. The number of nitrogens with zero attached hydrogens (tertiary/aromatic N) is 1. The number of rotatable bonds is 4. The normalized spacial score (nSPS) is 21.5. The zero-order valence-corrected chi connectivity index (χ0v) is 14.8. The summed E-state index contributed by atoms with van der Waals surface area (Å²) in [6, 6.07) is 1.97. The van der Waals surface area contributed by atoms with Crippen molar-refractivity contribution >= 4 is 26.2 Å². The van der Waals surface area contributed by atoms with E-state index in [0.717, 1.165) is 18.4 Å². The van der Waals surface area contributed by atoms with E-state index in [2.05, 4.69) is 4.18 Å². The van der Waals surface area contributed by atoms with Crippen LogP contribution in [0.1, 0.15) is 17.0 Å². The first kappa shape index (κ1) is 20.5. The molecule has 0 unspecified atom stereocenters. The second-order valence-corrected chi connectivity index (χ2v) is 9.38. The van der Waals surface area contributed by atoms with E-state index >= 15 is 0 Å². The highest BCUT2D eigenvalue weighted by Gasteiger charge is 2.47. The summed E-state index contributed by atoms with van der Waals surface area (Å²) in [7, 11) is -8.34. The van der Waals surface area contributed by atoms with Gasteiger partial charge in [0.05, 0.1) is 24.0 Å². The maximum atomic E-state index is 12.7. The Labute approximate surface area is 147 Å². The molecule has 8 nitrogen and oxygen atoms in total. The van der Waals surface area contributed by atoms with Gasteiger partial charge in [0.25, 0.3) is 0 Å². The zero-order chi connectivity index (χ0) is 19.9. The molecule has 26 heavy (non-hydrogen) atoms. The van der Waals surface area contributed by atoms with Gasteiger partial charge in [-0.2, -0.15) is 25.9 Å². The van der Waals surface area contributed by atoms with Crippen LogP contribution in [-0.4, -0.2) is 57.0 Å². The second kappa shape index (κ2) is 6.70. The fraction of sp³-hybridized carbons (Fsp3) is 0.462. The number of sulfone groups is 1. The molecule has 2 atom stereocenters. The molecule has 1 N–H and O–H groups in total. The van der Waals surface area contributed by atoms with Gasteiger partial charge >= 0.3 is 22.6 Å². The van der Waals surface area contributed by atoms with Gasteiger partial charge in [-0.3, -0.25) is 4.18 Å². The number of hydrogen-bond acceptors (Lipinski definition) is 6. The van der Waals surface area contributed by atoms with Crippen LogP contribution in [0.25, 0.3) is 0 Å². The van der Waals surface area contributed by atoms with Gasteiger partial charge < -0.3 is 5.11 Å². The summed E-state index contributed by atoms with van der Waals surface area (Å²) in [5.74, 6) is -1.91. The number of alkyl halides is 3. The van der Waals surface area contributed by atoms with Gasteiger partial charge in [-0.25, -0.2) is 13.2 Å². The molecule has 0 aliphatic carbocycles. The lowest BCUT2D eigenvalue weighted by Crippen LogP contribution is -2.43. The van der Waals surface area contributed by atoms with Crippen molar-refractivity contribution in [2.75, 3.05) is 18.6 Å². The van der Waals surface area contributed by atoms with Crippen LogP contribution < -0.4 is 0 Å². The summed E-state index contributed by atoms with van der Waals surface area (Å²) in [5.41, 5.74) is -0.940. The Morgan fingerprint density at radius 3 is 2.31 bits per heavy atom. The number of halogens is 3. The summed E-state index contributed by atoms with van der Waals surface area (Å²) < 4.78 is 89.3. The second-order valence-electron chi connectivity index (χ2n) is 5.71. The molecule has 0 bridgehead atoms. The third kappa shape index (κ3) is 4.45. The van der Waals surface area contributed by atoms with Crippen LogP contribution in [0.15, 0.2) is 24.3 Å². The summed E-state index contributed by atoms with van der Waals surface area (Å²) in [5, 5.41) is 9.13. The maximum Gasteiger partial charge on any atom is 0.423 e. The Morgan fingerprint density at radius 1 is 1.35 bits per heavy atom. The standard InChI is InChI=1S/C13H14F3NO7S2/c1-25(20,21)7-10(8-2-4-9(5-3-8)13(14,15)16)11-6-24-26(22,23)17(11)12(18)19/h2-5,10-11H,6-7H2,1H3,(H,18,19)/t10-,11+/m0/s1. The number of amides is 1. The van der Waals surface area contributed by atoms with Crippen molar-refractivity contribution < 1.29 is 44.1 Å². The molecule has 1 saturated heterocycles. The average Bonchev–Trinajstić information content (AvgIpc) is 2.78. The predicted molar refractivity (Wildman–Crippen MR) is 82.4 cm³/mol. The van der Waals surface area contributed by atoms with Crippen LogP contribution in [0, 0.1) is 0 Å². The van der Waals surface area contributed by atoms with Gasteiger partial charge in [0, 0.05) is 12.2 Å². The van der Waals surface area contributed by atoms with E-state index in [1.165, 1.54) is 0 Å². The van der Waals surface area contributed by atoms with E-state index in [-0.39, 0.29) is 9.87 Å². The first-order chi connectivity index (χ1) is 11.7. The lowest BCUT2D eigenvalue weighted by molar-refractivity contribution is -0.137. The predicted octanol–water partition coefficient (Wildman–Crippen LogP) is 1.46. The number of benzene rings is 1. The van der Waals surface area contributed by atoms with E-state index < -0.39 is 62.3 Å². The third-order valence-electron chi connectivity index (χ3n) is 3.73. The van der Waals surface area contributed by atoms with E-state index in [1.807, 2.05) is 0 Å². The summed E-state index contributed by atoms with van der Waals surface area (Å²) >= 11 is 0. The van der Waals surface area contributed by atoms with Gasteiger partial charge in [0.15, 0.2) is 0 Å². The van der Waals surface area contributed by atoms with Crippen LogP contribution in [0.5, 0.6) is 0 Å². The van der Waals surface area contributed by atoms with Gasteiger partial charge in [0.1, 0.15) is 9.84 Å². The largest absolute Gasteiger partial charge is 0.464 e. The van der Waals surface area contributed by atoms with Crippen LogP contribution in [0.4, 0.5) is 18.0 Å². The maximum absolute atomic E-state index is 12.7. The zero-order valence-electron chi connectivity index (χ0n) is 13.2. The van der Waals surface area contributed by atoms with Crippen LogP contribution in [0.2, 0.25) is 0 Å². The van der Waals surface area contributed by atoms with Crippen LogP contribution in [0.3, 0.4) is 0 Å². The molecule has 1 heterocycles. The molecule has 1 amide bonds. The van der Waals surface area contributed by atoms with E-state index in [0.29, 0.717) is 12.1 Å². The fourth-order valence-corrected chi connectivity index (χ4v) is 4.86. The highest BCUT2D eigenvalue weighted by atomic mass is 32.2. The Balaban J connectivity index is 2.49. The van der Waals surface area contributed by atoms with Crippen molar-refractivity contribution in [3.05, 3.63) is 35.4 Å². The van der Waals surface area contributed by atoms with Crippen molar-refractivity contribution in [1.82, 2.24) is 4.31 Å². The molecule has 1 aliphatic heterocycles. The minimum atomic E-state index is -4.62. The van der Waals surface area contributed by atoms with Crippen LogP contribution in [-0.2, 0) is 30.5 Å². The Kier molecular flexibility index (Phi) is 5.27. The topological polar surface area (TPSA) is 118 Å². The fourth-order valence-electron chi connectivity index (χ4n) is 2.64. The highest BCUT2D eigenvalue weighted by molar-refractivity contribution is 7.90. The minimum Gasteiger partial charge on any atom is -0.464 e. The minimum absolute atomic E-state index is 0.0134. The molecule has 146 valence electrons. The quantitative estimate of drug-likeness (QED) is 0.788. The van der Waals surface area contributed by atoms with Crippen molar-refractivity contribution in [1.29, 1.82) is 0 Å². The Bertz CT molecular complexity index is 895. The molecule has 0 saturated carbocycles. The van der Waals surface area contributed by atoms with E-state index in [9.17, 15) is 34.8 Å². The number of carbonyl (C=O) groups is 1. The van der Waals surface area contributed by atoms with Gasteiger partial charge in [0.2, 0.25) is 0 Å². The Hall–Kier alpha value is -1.86. The van der Waals surface area contributed by atoms with Gasteiger partial charge in [-0.1, -0.05) is 12.1 Å². The molecule has 2 rings (SSSR count). The van der Waals surface area contributed by atoms with Gasteiger partial charge in [-0.05, 0) is 17.7 Å². The Morgan fingerprint density at radius 2 is 1.88 bits per heavy atom. The lowest BCUT2D eigenvalue weighted by Gasteiger charge is -2.26. The van der Waals surface area contributed by atoms with Crippen molar-refractivity contribution in [3.63, 3.8) is 0 Å². The van der Waals surface area contributed by atoms with Crippen molar-refractivity contribution in [2.45, 2.75) is 18.1 Å². The summed E-state index contributed by atoms with van der Waals surface area (Å²) in [4.78, 5) is 11.3. The molecular formula is C13H14F3NO7S2. The first-order valence-corrected chi connectivity index (χ1v) is 10.4. The molecule has 0 radical (unpaired) electrons. The van der Waals surface area contributed by atoms with Crippen molar-refractivity contribution in [2.24, 2.45) is 0 Å². The molecular weight excluding hydrogens is 403 g/mol. The molecule has 0 spiro atoms. The van der Waals surface area contributed by atoms with E-state index in [4.69, 9.17) is 5.11 Å². The third-order valence-corrected chi connectivity index (χ3v) is 6.04. The monoisotopic (exact) mass is 417 g/mol. The van der Waals surface area contributed by atoms with E-state index in [1.54, 1.807) is 0 Å². The smallest absolute Gasteiger partial charge is 0.423 e.